The zero-order valence-electron chi connectivity index (χ0n) is 5.04. The molecular formula is C5H13N2Pt-. The molecule has 0 rings (SSSR count). The topological polar surface area (TPSA) is 52.0 Å². The number of hydrogen-bond acceptors (Lipinski definition) is 2. The van der Waals surface area contributed by atoms with Gasteiger partial charge in [-0.25, -0.2) is 0 Å². The average Bonchev–Trinajstić information content (AvgIpc) is 1.68. The quantitative estimate of drug-likeness (QED) is 0.725. The summed E-state index contributed by atoms with van der Waals surface area (Å²) in [4.78, 5) is 0. The molecule has 8 heavy (non-hydrogen) atoms. The third-order valence-corrected chi connectivity index (χ3v) is 0.951. The van der Waals surface area contributed by atoms with Crippen LogP contribution in [0.4, 0.5) is 0 Å². The molecule has 0 saturated heterocycles. The number of hydrogen-bond donors (Lipinski definition) is 2. The number of nitrogens with two attached hydrogens (primary N) is 2. The molecule has 0 aromatic rings. The molecule has 0 aromatic heterocycles. The van der Waals surface area contributed by atoms with Crippen molar-refractivity contribution in [3.05, 3.63) is 6.54 Å². The maximum Gasteiger partial charge on any atom is 0 e. The van der Waals surface area contributed by atoms with Gasteiger partial charge in [-0.1, -0.05) is 13.3 Å². The van der Waals surface area contributed by atoms with Crippen molar-refractivity contribution in [3.63, 3.8) is 0 Å². The fraction of sp³-hybridized carbons (Fsp3) is 0.800. The Morgan fingerprint density at radius 1 is 1.62 bits per heavy atom. The first-order valence-electron chi connectivity index (χ1n) is 2.56. The van der Waals surface area contributed by atoms with E-state index < -0.39 is 0 Å². The predicted octanol–water partition coefficient (Wildman–Crippen LogP) is 0.0893. The molecule has 0 aliphatic carbocycles. The summed E-state index contributed by atoms with van der Waals surface area (Å²) in [6.45, 7) is 4.45. The van der Waals surface area contributed by atoms with Gasteiger partial charge < -0.3 is 11.5 Å². The van der Waals surface area contributed by atoms with Crippen molar-refractivity contribution in [3.8, 4) is 0 Å². The molecular weight excluding hydrogens is 283 g/mol. The Hall–Kier alpha value is 0.608. The van der Waals surface area contributed by atoms with Crippen LogP contribution in [0.1, 0.15) is 13.3 Å². The monoisotopic (exact) mass is 296 g/mol. The Morgan fingerprint density at radius 3 is 2.25 bits per heavy atom. The summed E-state index contributed by atoms with van der Waals surface area (Å²) in [5.41, 5.74) is 10.4. The van der Waals surface area contributed by atoms with Crippen molar-refractivity contribution in [2.75, 3.05) is 6.54 Å². The normalized spacial score (nSPS) is 12.4. The van der Waals surface area contributed by atoms with Gasteiger partial charge in [0.2, 0.25) is 0 Å². The van der Waals surface area contributed by atoms with Crippen LogP contribution in [0.25, 0.3) is 0 Å². The minimum atomic E-state index is 0. The van der Waals surface area contributed by atoms with Gasteiger partial charge in [0.1, 0.15) is 0 Å². The van der Waals surface area contributed by atoms with E-state index >= 15 is 0 Å². The average molecular weight is 296 g/mol. The molecule has 0 bridgehead atoms. The van der Waals surface area contributed by atoms with Crippen LogP contribution < -0.4 is 11.5 Å². The van der Waals surface area contributed by atoms with E-state index in [1.54, 1.807) is 6.54 Å². The molecule has 0 heterocycles. The Balaban J connectivity index is 0. The largest absolute Gasteiger partial charge is 0.483 e. The van der Waals surface area contributed by atoms with Gasteiger partial charge in [0, 0.05) is 21.1 Å². The van der Waals surface area contributed by atoms with Gasteiger partial charge in [-0.05, 0) is 6.54 Å². The van der Waals surface area contributed by atoms with Gasteiger partial charge in [-0.15, -0.1) is 0 Å². The van der Waals surface area contributed by atoms with Crippen LogP contribution in [-0.2, 0) is 21.1 Å². The van der Waals surface area contributed by atoms with Crippen molar-refractivity contribution in [1.29, 1.82) is 0 Å². The molecule has 2 nitrogen and oxygen atoms in total. The molecule has 0 spiro atoms. The van der Waals surface area contributed by atoms with Crippen LogP contribution >= 0.6 is 0 Å². The fourth-order valence-electron chi connectivity index (χ4n) is 0.359. The third-order valence-electron chi connectivity index (χ3n) is 0.951. The zero-order chi connectivity index (χ0) is 5.70. The fourth-order valence-corrected chi connectivity index (χ4v) is 0.359. The van der Waals surface area contributed by atoms with Crippen molar-refractivity contribution >= 4 is 0 Å². The summed E-state index contributed by atoms with van der Waals surface area (Å²) in [6, 6.07) is 0. The zero-order valence-corrected chi connectivity index (χ0v) is 7.31. The summed E-state index contributed by atoms with van der Waals surface area (Å²) in [7, 11) is 0. The van der Waals surface area contributed by atoms with Crippen LogP contribution in [0.3, 0.4) is 0 Å². The minimum Gasteiger partial charge on any atom is -0.483 e. The molecule has 0 unspecified atom stereocenters. The first kappa shape index (κ1) is 11.4. The number of rotatable bonds is 3. The molecule has 0 amide bonds. The van der Waals surface area contributed by atoms with E-state index in [4.69, 9.17) is 11.5 Å². The summed E-state index contributed by atoms with van der Waals surface area (Å²) < 4.78 is 0. The van der Waals surface area contributed by atoms with Crippen molar-refractivity contribution in [2.24, 2.45) is 17.4 Å². The molecule has 0 aromatic carbocycles. The molecule has 54 valence electrons. The summed E-state index contributed by atoms with van der Waals surface area (Å²) >= 11 is 0. The van der Waals surface area contributed by atoms with Crippen LogP contribution in [0, 0.1) is 12.5 Å². The molecule has 0 aliphatic heterocycles. The molecule has 3 heteroatoms. The van der Waals surface area contributed by atoms with E-state index in [0.717, 1.165) is 13.0 Å². The second kappa shape index (κ2) is 7.61. The maximum atomic E-state index is 5.23. The van der Waals surface area contributed by atoms with Gasteiger partial charge in [0.15, 0.2) is 0 Å². The van der Waals surface area contributed by atoms with Crippen molar-refractivity contribution in [1.82, 2.24) is 0 Å². The van der Waals surface area contributed by atoms with Crippen LogP contribution in [0.15, 0.2) is 0 Å². The summed E-state index contributed by atoms with van der Waals surface area (Å²) in [5.74, 6) is 0.477. The van der Waals surface area contributed by atoms with Gasteiger partial charge in [-0.2, -0.15) is 5.92 Å². The van der Waals surface area contributed by atoms with Crippen LogP contribution in [0.2, 0.25) is 0 Å². The Bertz CT molecular complexity index is 41.4. The maximum absolute atomic E-state index is 5.23. The molecule has 4 N–H and O–H groups in total. The predicted molar refractivity (Wildman–Crippen MR) is 31.3 cm³/mol. The third kappa shape index (κ3) is 6.61. The summed E-state index contributed by atoms with van der Waals surface area (Å²) in [6.07, 6.45) is 0.997. The molecule has 0 aliphatic rings. The molecule has 0 fully saturated rings. The van der Waals surface area contributed by atoms with Crippen LogP contribution in [-0.4, -0.2) is 6.54 Å². The van der Waals surface area contributed by atoms with E-state index in [1.165, 1.54) is 0 Å². The van der Waals surface area contributed by atoms with Crippen molar-refractivity contribution < 1.29 is 21.1 Å². The van der Waals surface area contributed by atoms with E-state index in [0.29, 0.717) is 5.92 Å². The summed E-state index contributed by atoms with van der Waals surface area (Å²) in [5, 5.41) is 0. The Kier molecular flexibility index (Phi) is 10.9. The van der Waals surface area contributed by atoms with E-state index in [-0.39, 0.29) is 21.1 Å². The molecule has 1 atom stereocenters. The van der Waals surface area contributed by atoms with Gasteiger partial charge in [0.05, 0.1) is 0 Å². The SMILES string of the molecule is C[C@@H]([CH-]N)CCN.[Pt]. The second-order valence-corrected chi connectivity index (χ2v) is 1.75. The smallest absolute Gasteiger partial charge is 0 e. The van der Waals surface area contributed by atoms with Crippen molar-refractivity contribution in [2.45, 2.75) is 13.3 Å². The Labute approximate surface area is 65.3 Å². The van der Waals surface area contributed by atoms with E-state index in [9.17, 15) is 0 Å². The van der Waals surface area contributed by atoms with E-state index in [2.05, 4.69) is 0 Å². The van der Waals surface area contributed by atoms with Gasteiger partial charge >= 0.3 is 0 Å². The first-order chi connectivity index (χ1) is 3.31. The second-order valence-electron chi connectivity index (χ2n) is 1.75. The standard InChI is InChI=1S/C5H13N2.Pt/c1-5(4-7)2-3-6;/h4-5H,2-3,6-7H2,1H3;/q-1;/t5-;/m1./s1. The molecule has 0 radical (unpaired) electrons. The van der Waals surface area contributed by atoms with Gasteiger partial charge in [-0.3, -0.25) is 6.54 Å². The van der Waals surface area contributed by atoms with E-state index in [1.807, 2.05) is 6.92 Å². The minimum absolute atomic E-state index is 0. The molecule has 0 saturated carbocycles. The van der Waals surface area contributed by atoms with Gasteiger partial charge in [0.25, 0.3) is 0 Å². The van der Waals surface area contributed by atoms with Crippen LogP contribution in [0.5, 0.6) is 0 Å². The Morgan fingerprint density at radius 2 is 2.12 bits per heavy atom. The first-order valence-corrected chi connectivity index (χ1v) is 2.56.